The molecular weight excluding hydrogens is 316 g/mol. The zero-order valence-corrected chi connectivity index (χ0v) is 14.1. The second kappa shape index (κ2) is 8.37. The SMILES string of the molecule is O=C(CCc1cnccn1)N[C@H]1CC(=O)N(CCc2ccccc2)C1. The van der Waals surface area contributed by atoms with Gasteiger partial charge >= 0.3 is 0 Å². The van der Waals surface area contributed by atoms with E-state index in [1.807, 2.05) is 23.1 Å². The molecular formula is C19H22N4O2. The topological polar surface area (TPSA) is 75.2 Å². The van der Waals surface area contributed by atoms with E-state index in [-0.39, 0.29) is 17.9 Å². The summed E-state index contributed by atoms with van der Waals surface area (Å²) in [4.78, 5) is 34.2. The second-order valence-electron chi connectivity index (χ2n) is 6.24. The maximum Gasteiger partial charge on any atom is 0.224 e. The number of nitrogens with zero attached hydrogens (tertiary/aromatic N) is 3. The zero-order valence-electron chi connectivity index (χ0n) is 14.1. The van der Waals surface area contributed by atoms with Crippen molar-refractivity contribution < 1.29 is 9.59 Å². The van der Waals surface area contributed by atoms with Crippen LogP contribution in [-0.2, 0) is 22.4 Å². The molecule has 1 aliphatic heterocycles. The number of aromatic nitrogens is 2. The molecule has 1 fully saturated rings. The Hall–Kier alpha value is -2.76. The van der Waals surface area contributed by atoms with Crippen molar-refractivity contribution in [2.24, 2.45) is 0 Å². The molecule has 1 N–H and O–H groups in total. The predicted molar refractivity (Wildman–Crippen MR) is 93.6 cm³/mol. The lowest BCUT2D eigenvalue weighted by Crippen LogP contribution is -2.37. The van der Waals surface area contributed by atoms with Gasteiger partial charge < -0.3 is 10.2 Å². The minimum Gasteiger partial charge on any atom is -0.351 e. The lowest BCUT2D eigenvalue weighted by atomic mass is 10.1. The van der Waals surface area contributed by atoms with Crippen LogP contribution in [-0.4, -0.2) is 45.8 Å². The molecule has 1 aromatic heterocycles. The minimum absolute atomic E-state index is 0.0478. The number of aryl methyl sites for hydroxylation is 1. The van der Waals surface area contributed by atoms with Crippen molar-refractivity contribution in [1.29, 1.82) is 0 Å². The summed E-state index contributed by atoms with van der Waals surface area (Å²) in [5.74, 6) is 0.0588. The third-order valence-corrected chi connectivity index (χ3v) is 4.32. The van der Waals surface area contributed by atoms with Gasteiger partial charge in [0.2, 0.25) is 11.8 Å². The number of benzene rings is 1. The average molecular weight is 338 g/mol. The van der Waals surface area contributed by atoms with Gasteiger partial charge in [-0.3, -0.25) is 19.6 Å². The van der Waals surface area contributed by atoms with E-state index in [1.54, 1.807) is 18.6 Å². The van der Waals surface area contributed by atoms with Crippen LogP contribution in [0.4, 0.5) is 0 Å². The molecule has 1 atom stereocenters. The standard InChI is InChI=1S/C19H22N4O2/c24-18(7-6-16-13-20-9-10-21-16)22-17-12-19(25)23(14-17)11-8-15-4-2-1-3-5-15/h1-5,9-10,13,17H,6-8,11-12,14H2,(H,22,24)/t17-/m0/s1. The van der Waals surface area contributed by atoms with Crippen LogP contribution in [0.1, 0.15) is 24.1 Å². The summed E-state index contributed by atoms with van der Waals surface area (Å²) in [6, 6.07) is 10.0. The number of hydrogen-bond acceptors (Lipinski definition) is 4. The van der Waals surface area contributed by atoms with Gasteiger partial charge in [0.1, 0.15) is 0 Å². The first kappa shape index (κ1) is 17.1. The van der Waals surface area contributed by atoms with Crippen molar-refractivity contribution in [2.45, 2.75) is 31.7 Å². The normalized spacial score (nSPS) is 16.9. The number of likely N-dealkylation sites (tertiary alicyclic amines) is 1. The fourth-order valence-corrected chi connectivity index (χ4v) is 2.99. The van der Waals surface area contributed by atoms with Crippen molar-refractivity contribution in [1.82, 2.24) is 20.2 Å². The number of amides is 2. The van der Waals surface area contributed by atoms with E-state index in [0.717, 1.165) is 12.1 Å². The lowest BCUT2D eigenvalue weighted by Gasteiger charge is -2.17. The van der Waals surface area contributed by atoms with Crippen LogP contribution in [0.3, 0.4) is 0 Å². The molecule has 1 aromatic carbocycles. The molecule has 2 aromatic rings. The van der Waals surface area contributed by atoms with E-state index in [1.165, 1.54) is 5.56 Å². The summed E-state index contributed by atoms with van der Waals surface area (Å²) in [5, 5.41) is 2.96. The summed E-state index contributed by atoms with van der Waals surface area (Å²) in [7, 11) is 0. The Bertz CT molecular complexity index is 706. The molecule has 1 aliphatic rings. The van der Waals surface area contributed by atoms with Crippen molar-refractivity contribution in [3.63, 3.8) is 0 Å². The van der Waals surface area contributed by atoms with Gasteiger partial charge in [-0.25, -0.2) is 0 Å². The van der Waals surface area contributed by atoms with E-state index >= 15 is 0 Å². The highest BCUT2D eigenvalue weighted by molar-refractivity contribution is 5.82. The van der Waals surface area contributed by atoms with Gasteiger partial charge in [0.15, 0.2) is 0 Å². The van der Waals surface area contributed by atoms with Crippen LogP contribution in [0.5, 0.6) is 0 Å². The largest absolute Gasteiger partial charge is 0.351 e. The number of hydrogen-bond donors (Lipinski definition) is 1. The van der Waals surface area contributed by atoms with Gasteiger partial charge in [-0.1, -0.05) is 30.3 Å². The fraction of sp³-hybridized carbons (Fsp3) is 0.368. The molecule has 2 heterocycles. The maximum atomic E-state index is 12.1. The van der Waals surface area contributed by atoms with E-state index in [9.17, 15) is 9.59 Å². The third-order valence-electron chi connectivity index (χ3n) is 4.32. The summed E-state index contributed by atoms with van der Waals surface area (Å²) < 4.78 is 0. The van der Waals surface area contributed by atoms with E-state index < -0.39 is 0 Å². The minimum atomic E-state index is -0.0994. The number of carbonyl (C=O) groups is 2. The molecule has 0 aliphatic carbocycles. The van der Waals surface area contributed by atoms with Crippen LogP contribution in [0.15, 0.2) is 48.9 Å². The molecule has 1 saturated heterocycles. The first-order chi connectivity index (χ1) is 12.2. The van der Waals surface area contributed by atoms with Crippen LogP contribution in [0.25, 0.3) is 0 Å². The Morgan fingerprint density at radius 3 is 2.80 bits per heavy atom. The van der Waals surface area contributed by atoms with Crippen LogP contribution >= 0.6 is 0 Å². The highest BCUT2D eigenvalue weighted by Gasteiger charge is 2.30. The number of carbonyl (C=O) groups excluding carboxylic acids is 2. The summed E-state index contributed by atoms with van der Waals surface area (Å²) in [6.45, 7) is 1.28. The molecule has 25 heavy (non-hydrogen) atoms. The molecule has 6 heteroatoms. The van der Waals surface area contributed by atoms with Crippen molar-refractivity contribution >= 4 is 11.8 Å². The van der Waals surface area contributed by atoms with Gasteiger partial charge in [-0.05, 0) is 18.4 Å². The summed E-state index contributed by atoms with van der Waals surface area (Å²) in [5.41, 5.74) is 2.01. The zero-order chi connectivity index (χ0) is 17.5. The number of nitrogens with one attached hydrogen (secondary N) is 1. The third kappa shape index (κ3) is 5.11. The Balaban J connectivity index is 1.41. The van der Waals surface area contributed by atoms with Crippen molar-refractivity contribution in [3.8, 4) is 0 Å². The second-order valence-corrected chi connectivity index (χ2v) is 6.24. The molecule has 3 rings (SSSR count). The summed E-state index contributed by atoms with van der Waals surface area (Å²) in [6.07, 6.45) is 7.01. The molecule has 0 unspecified atom stereocenters. The molecule has 0 spiro atoms. The van der Waals surface area contributed by atoms with E-state index in [2.05, 4.69) is 27.4 Å². The lowest BCUT2D eigenvalue weighted by molar-refractivity contribution is -0.127. The Morgan fingerprint density at radius 1 is 1.20 bits per heavy atom. The highest BCUT2D eigenvalue weighted by atomic mass is 16.2. The molecule has 6 nitrogen and oxygen atoms in total. The fourth-order valence-electron chi connectivity index (χ4n) is 2.99. The average Bonchev–Trinajstić information content (AvgIpc) is 2.99. The van der Waals surface area contributed by atoms with Crippen LogP contribution < -0.4 is 5.32 Å². The van der Waals surface area contributed by atoms with Gasteiger partial charge in [0, 0.05) is 44.5 Å². The maximum absolute atomic E-state index is 12.1. The molecule has 0 bridgehead atoms. The van der Waals surface area contributed by atoms with Gasteiger partial charge in [0.25, 0.3) is 0 Å². The van der Waals surface area contributed by atoms with Gasteiger partial charge in [0.05, 0.1) is 11.7 Å². The first-order valence-electron chi connectivity index (χ1n) is 8.56. The van der Waals surface area contributed by atoms with Crippen LogP contribution in [0, 0.1) is 0 Å². The van der Waals surface area contributed by atoms with Gasteiger partial charge in [-0.15, -0.1) is 0 Å². The van der Waals surface area contributed by atoms with Crippen LogP contribution in [0.2, 0.25) is 0 Å². The van der Waals surface area contributed by atoms with Crippen molar-refractivity contribution in [2.75, 3.05) is 13.1 Å². The first-order valence-corrected chi connectivity index (χ1v) is 8.56. The summed E-state index contributed by atoms with van der Waals surface area (Å²) >= 11 is 0. The number of rotatable bonds is 7. The Kier molecular flexibility index (Phi) is 5.72. The monoisotopic (exact) mass is 338 g/mol. The smallest absolute Gasteiger partial charge is 0.224 e. The predicted octanol–water partition coefficient (Wildman–Crippen LogP) is 1.37. The highest BCUT2D eigenvalue weighted by Crippen LogP contribution is 2.13. The Labute approximate surface area is 147 Å². The van der Waals surface area contributed by atoms with Crippen molar-refractivity contribution in [3.05, 3.63) is 60.2 Å². The quantitative estimate of drug-likeness (QED) is 0.827. The molecule has 0 radical (unpaired) electrons. The molecule has 2 amide bonds. The Morgan fingerprint density at radius 2 is 2.04 bits per heavy atom. The van der Waals surface area contributed by atoms with Gasteiger partial charge in [-0.2, -0.15) is 0 Å². The molecule has 130 valence electrons. The van der Waals surface area contributed by atoms with E-state index in [0.29, 0.717) is 32.4 Å². The molecule has 0 saturated carbocycles. The van der Waals surface area contributed by atoms with E-state index in [4.69, 9.17) is 0 Å².